The fraction of sp³-hybridized carbons (Fsp3) is 0.330. The molecule has 0 radical (unpaired) electrons. The van der Waals surface area contributed by atoms with Crippen LogP contribution in [0.4, 0.5) is 4.79 Å². The lowest BCUT2D eigenvalue weighted by atomic mass is 9.98. The van der Waals surface area contributed by atoms with Gasteiger partial charge in [0.1, 0.15) is 6.29 Å². The number of hydrogen-bond acceptors (Lipinski definition) is 33. The standard InChI is InChI=1S/C35H41N4O8PS.C34H39N4O9P.C34H39N4O8PS/c1-34(2,3)32(41)44-22-46-48(43,47-23-45-33(42)35(4,5)6)21-39(7)31(40)27-13-8-9-14-30(27)49-25-16-17-26-28(37-38-29(26)20-25)18-15-24-12-10-11-19-36-24;1-23(2)18-32(39)43-21-45-48(42,46-22-44-34(41)47-24(3)4)38(5)33(40)28-12-7-6-10-26(28)19-25-13-15-29-30(36-37-31(29)20-25)16-14-27-11-8-9-17-35-27;1-33(2,3)31(40)43-21-45-47(42,46-22-44-32(41)34(4,5)6)38(7)30(39)26-13-8-9-14-29(26)48-24-16-17-25-27(36-37-28(25)20-24)18-15-23-12-10-11-19-35-23/h8-20H,21-23H2,1-7H3,(H,37,38);6-17,20,23-24H,18-19,21-22H2,1-5H3,(H,36,37);8-20H,21-22H2,1-7H3,(H,36,37)/b18-15+;16-14+;18-15+. The van der Waals surface area contributed by atoms with Gasteiger partial charge in [0.05, 0.1) is 89.6 Å². The molecule has 42 heteroatoms. The molecular weight excluding hydrogens is 1960 g/mol. The van der Waals surface area contributed by atoms with Crippen molar-refractivity contribution >= 4 is 170 Å². The number of ether oxygens (including phenoxy) is 7. The molecule has 145 heavy (non-hydrogen) atoms. The topological polar surface area (TPSA) is 459 Å². The summed E-state index contributed by atoms with van der Waals surface area (Å²) in [5, 5.41) is 25.2. The SMILES string of the molecule is CC(C)CC(=O)OCOP(=O)(OCOC(=O)OC(C)C)N(C)C(=O)c1ccccc1Cc1ccc2c(/C=C/c3ccccn3)n[nH]c2c1.CN(C(=O)c1ccccc1Sc1ccc2c(/C=C/c3ccccn3)n[nH]c2c1)P(=O)(OCOC(=O)C(C)(C)C)OCOC(=O)C(C)(C)C.CN(CP(=O)(OCOC(=O)C(C)(C)C)OCOC(=O)C(C)(C)C)C(=O)c1ccccc1Sc1ccc2c(/C=C/c3ccccn3)n[nH]c2c1. The Morgan fingerprint density at radius 1 is 0.386 bits per heavy atom. The molecule has 0 aliphatic heterocycles. The van der Waals surface area contributed by atoms with Gasteiger partial charge >= 0.3 is 59.1 Å². The van der Waals surface area contributed by atoms with E-state index in [9.17, 15) is 56.8 Å². The largest absolute Gasteiger partial charge is 0.510 e. The summed E-state index contributed by atoms with van der Waals surface area (Å²) in [5.74, 6) is -4.82. The average molecular weight is 2080 g/mol. The zero-order valence-corrected chi connectivity index (χ0v) is 88.2. The highest BCUT2D eigenvalue weighted by Crippen LogP contribution is 2.54. The summed E-state index contributed by atoms with van der Waals surface area (Å²) in [4.78, 5) is 131. The van der Waals surface area contributed by atoms with Crippen molar-refractivity contribution in [3.8, 4) is 0 Å². The smallest absolute Gasteiger partial charge is 0.438 e. The van der Waals surface area contributed by atoms with E-state index in [1.807, 2.05) is 172 Å². The van der Waals surface area contributed by atoms with Crippen LogP contribution in [0.1, 0.15) is 194 Å². The third-order valence-corrected chi connectivity index (χ3v) is 27.8. The summed E-state index contributed by atoms with van der Waals surface area (Å²) in [5.41, 5.74) is 6.08. The highest BCUT2D eigenvalue weighted by Gasteiger charge is 2.41. The molecule has 0 saturated heterocycles. The molecule has 0 fully saturated rings. The van der Waals surface area contributed by atoms with Crippen molar-refractivity contribution in [3.05, 3.63) is 263 Å². The van der Waals surface area contributed by atoms with Gasteiger partial charge in [0.25, 0.3) is 17.7 Å². The van der Waals surface area contributed by atoms with Gasteiger partial charge in [-0.1, -0.05) is 110 Å². The van der Waals surface area contributed by atoms with Gasteiger partial charge in [-0.3, -0.25) is 100 Å². The highest BCUT2D eigenvalue weighted by atomic mass is 32.2. The lowest BCUT2D eigenvalue weighted by Gasteiger charge is -2.28. The molecule has 12 aromatic rings. The summed E-state index contributed by atoms with van der Waals surface area (Å²) in [6.45, 7) is 22.2. The molecule has 6 heterocycles. The number of hydrogen-bond donors (Lipinski definition) is 3. The van der Waals surface area contributed by atoms with E-state index in [0.717, 1.165) is 91.6 Å². The molecule has 6 aromatic carbocycles. The van der Waals surface area contributed by atoms with Crippen molar-refractivity contribution in [1.29, 1.82) is 0 Å². The lowest BCUT2D eigenvalue weighted by molar-refractivity contribution is -0.164. The number of fused-ring (bicyclic) bond motifs is 3. The van der Waals surface area contributed by atoms with Gasteiger partial charge in [-0.15, -0.1) is 0 Å². The molecule has 37 nitrogen and oxygen atoms in total. The number of pyridine rings is 3. The second-order valence-corrected chi connectivity index (χ2v) is 45.5. The second-order valence-electron chi connectivity index (χ2n) is 37.1. The maximum Gasteiger partial charge on any atom is 0.510 e. The number of carbonyl (C=O) groups excluding carboxylic acids is 9. The van der Waals surface area contributed by atoms with Crippen molar-refractivity contribution < 1.29 is 117 Å². The van der Waals surface area contributed by atoms with Crippen LogP contribution in [0.2, 0.25) is 0 Å². The number of aromatic amines is 3. The zero-order valence-electron chi connectivity index (χ0n) is 83.9. The minimum Gasteiger partial charge on any atom is -0.438 e. The van der Waals surface area contributed by atoms with Gasteiger partial charge in [-0.25, -0.2) is 23.3 Å². The van der Waals surface area contributed by atoms with Gasteiger partial charge in [0, 0.05) is 87.5 Å². The number of benzene rings is 6. The second kappa shape index (κ2) is 51.9. The Hall–Kier alpha value is -13.4. The highest BCUT2D eigenvalue weighted by molar-refractivity contribution is 7.99. The van der Waals surface area contributed by atoms with Crippen LogP contribution in [-0.4, -0.2) is 188 Å². The number of H-pyrrole nitrogens is 3. The Kier molecular flexibility index (Phi) is 40.6. The Morgan fingerprint density at radius 2 is 0.731 bits per heavy atom. The fourth-order valence-electron chi connectivity index (χ4n) is 12.5. The molecule has 0 saturated carbocycles. The van der Waals surface area contributed by atoms with E-state index in [0.29, 0.717) is 27.3 Å². The molecule has 768 valence electrons. The van der Waals surface area contributed by atoms with Crippen molar-refractivity contribution in [2.45, 2.75) is 149 Å². The van der Waals surface area contributed by atoms with E-state index in [1.165, 1.54) is 49.6 Å². The summed E-state index contributed by atoms with van der Waals surface area (Å²) in [6.07, 6.45) is 14.9. The van der Waals surface area contributed by atoms with Crippen LogP contribution in [0.5, 0.6) is 0 Å². The molecule has 0 aliphatic carbocycles. The summed E-state index contributed by atoms with van der Waals surface area (Å²) >= 11 is 2.70. The first kappa shape index (κ1) is 114. The number of amides is 3. The monoisotopic (exact) mass is 2080 g/mol. The Labute approximate surface area is 849 Å². The molecule has 3 amide bonds. The van der Waals surface area contributed by atoms with Gasteiger partial charge in [0.15, 0.2) is 0 Å². The molecular formula is C103H119N12O25P3S2. The Morgan fingerprint density at radius 3 is 1.12 bits per heavy atom. The summed E-state index contributed by atoms with van der Waals surface area (Å²) < 4.78 is 111. The zero-order chi connectivity index (χ0) is 106. The number of esters is 5. The Bertz CT molecular complexity index is 6670. The predicted molar refractivity (Wildman–Crippen MR) is 548 cm³/mol. The minimum atomic E-state index is -4.52. The minimum absolute atomic E-state index is 0.0201. The maximum atomic E-state index is 14.0. The van der Waals surface area contributed by atoms with Crippen LogP contribution in [0.3, 0.4) is 0 Å². The van der Waals surface area contributed by atoms with Crippen molar-refractivity contribution in [2.75, 3.05) is 68.2 Å². The summed E-state index contributed by atoms with van der Waals surface area (Å²) in [7, 11) is -9.31. The van der Waals surface area contributed by atoms with Crippen LogP contribution < -0.4 is 0 Å². The number of nitrogens with one attached hydrogen (secondary N) is 3. The number of rotatable bonds is 40. The maximum absolute atomic E-state index is 14.0. The van der Waals surface area contributed by atoms with E-state index in [4.69, 9.17) is 60.3 Å². The van der Waals surface area contributed by atoms with E-state index in [2.05, 4.69) is 45.5 Å². The van der Waals surface area contributed by atoms with Crippen LogP contribution >= 0.6 is 46.6 Å². The van der Waals surface area contributed by atoms with E-state index < -0.39 is 152 Å². The normalized spacial score (nSPS) is 12.4. The molecule has 12 rings (SSSR count). The molecule has 3 N–H and O–H groups in total. The first-order valence-corrected chi connectivity index (χ1v) is 51.9. The van der Waals surface area contributed by atoms with Crippen LogP contribution in [0.15, 0.2) is 220 Å². The summed E-state index contributed by atoms with van der Waals surface area (Å²) in [6, 6.07) is 55.1. The molecule has 6 aromatic heterocycles. The van der Waals surface area contributed by atoms with Crippen molar-refractivity contribution in [3.63, 3.8) is 0 Å². The number of nitrogens with zero attached hydrogens (tertiary/aromatic N) is 9. The van der Waals surface area contributed by atoms with Crippen LogP contribution in [0.25, 0.3) is 69.2 Å². The third-order valence-electron chi connectivity index (χ3n) is 20.3. The predicted octanol–water partition coefficient (Wildman–Crippen LogP) is 22.2. The van der Waals surface area contributed by atoms with Gasteiger partial charge in [-0.05, 0) is 266 Å². The third kappa shape index (κ3) is 34.1. The van der Waals surface area contributed by atoms with Crippen molar-refractivity contribution in [2.24, 2.45) is 27.6 Å². The lowest BCUT2D eigenvalue weighted by Crippen LogP contribution is -2.30. The van der Waals surface area contributed by atoms with Gasteiger partial charge in [0.2, 0.25) is 40.8 Å². The van der Waals surface area contributed by atoms with E-state index in [-0.39, 0.29) is 23.5 Å². The van der Waals surface area contributed by atoms with Gasteiger partial charge < -0.3 is 38.1 Å². The van der Waals surface area contributed by atoms with E-state index >= 15 is 0 Å². The number of aromatic nitrogens is 9. The molecule has 1 unspecified atom stereocenters. The van der Waals surface area contributed by atoms with E-state index in [1.54, 1.807) is 176 Å². The Balaban J connectivity index is 0.000000223. The molecule has 1 atom stereocenters. The first-order chi connectivity index (χ1) is 68.6. The first-order valence-electron chi connectivity index (χ1n) is 45.6. The number of carbonyl (C=O) groups is 9. The quantitative estimate of drug-likeness (QED) is 0.0139. The fourth-order valence-corrected chi connectivity index (χ4v) is 18.0. The van der Waals surface area contributed by atoms with Crippen LogP contribution in [-0.2, 0) is 104 Å². The van der Waals surface area contributed by atoms with Crippen LogP contribution in [0, 0.1) is 27.6 Å². The van der Waals surface area contributed by atoms with Crippen molar-refractivity contribution in [1.82, 2.24) is 59.8 Å². The molecule has 0 bridgehead atoms. The average Bonchev–Trinajstić information content (AvgIpc) is 1.60. The molecule has 0 aliphatic rings. The van der Waals surface area contributed by atoms with Gasteiger partial charge in [-0.2, -0.15) is 15.3 Å². The molecule has 0 spiro atoms.